The average Bonchev–Trinajstić information content (AvgIpc) is 2.44. The lowest BCUT2D eigenvalue weighted by Gasteiger charge is -2.10. The predicted molar refractivity (Wildman–Crippen MR) is 62.1 cm³/mol. The Balaban J connectivity index is 2.28. The number of rotatable bonds is 1. The van der Waals surface area contributed by atoms with Crippen LogP contribution in [0.3, 0.4) is 0 Å². The van der Waals surface area contributed by atoms with Crippen LogP contribution >= 0.6 is 0 Å². The van der Waals surface area contributed by atoms with Crippen molar-refractivity contribution in [3.63, 3.8) is 0 Å². The number of hydrogen-bond donors (Lipinski definition) is 0. The van der Waals surface area contributed by atoms with Crippen LogP contribution in [-0.4, -0.2) is 0 Å². The fourth-order valence-corrected chi connectivity index (χ4v) is 1.84. The molecule has 0 aliphatic heterocycles. The summed E-state index contributed by atoms with van der Waals surface area (Å²) in [5, 5.41) is 0. The molecule has 0 fully saturated rings. The van der Waals surface area contributed by atoms with Gasteiger partial charge in [0.1, 0.15) is 0 Å². The van der Waals surface area contributed by atoms with Crippen molar-refractivity contribution in [1.82, 2.24) is 0 Å². The van der Waals surface area contributed by atoms with Crippen LogP contribution in [0, 0.1) is 0 Å². The lowest BCUT2D eigenvalue weighted by molar-refractivity contribution is 0.976. The van der Waals surface area contributed by atoms with E-state index in [0.29, 0.717) is 0 Å². The van der Waals surface area contributed by atoms with Crippen molar-refractivity contribution in [3.05, 3.63) is 59.3 Å². The summed E-state index contributed by atoms with van der Waals surface area (Å²) in [7, 11) is 0. The second-order valence-electron chi connectivity index (χ2n) is 3.90. The third kappa shape index (κ3) is 2.14. The molecule has 0 aromatic heterocycles. The van der Waals surface area contributed by atoms with Crippen molar-refractivity contribution < 1.29 is 0 Å². The molecular formula is C14H16. The molecule has 72 valence electrons. The first kappa shape index (κ1) is 9.26. The van der Waals surface area contributed by atoms with Gasteiger partial charge in [-0.3, -0.25) is 0 Å². The molecule has 2 rings (SSSR count). The fraction of sp³-hybridized carbons (Fsp3) is 0.286. The Labute approximate surface area is 86.0 Å². The third-order valence-corrected chi connectivity index (χ3v) is 2.64. The van der Waals surface area contributed by atoms with Gasteiger partial charge in [-0.15, -0.1) is 0 Å². The van der Waals surface area contributed by atoms with E-state index in [4.69, 9.17) is 0 Å². The SMILES string of the molecule is CC1=CC(C2=CC=CCC2)=CC=CC1. The van der Waals surface area contributed by atoms with Crippen molar-refractivity contribution >= 4 is 0 Å². The molecule has 0 amide bonds. The van der Waals surface area contributed by atoms with Gasteiger partial charge in [0.05, 0.1) is 0 Å². The first-order valence-electron chi connectivity index (χ1n) is 5.26. The minimum absolute atomic E-state index is 1.09. The van der Waals surface area contributed by atoms with Gasteiger partial charge in [-0.1, -0.05) is 48.1 Å². The highest BCUT2D eigenvalue weighted by Gasteiger charge is 2.05. The van der Waals surface area contributed by atoms with Crippen molar-refractivity contribution in [3.8, 4) is 0 Å². The van der Waals surface area contributed by atoms with E-state index in [2.05, 4.69) is 49.5 Å². The van der Waals surface area contributed by atoms with E-state index in [1.54, 1.807) is 0 Å². The van der Waals surface area contributed by atoms with Gasteiger partial charge in [0, 0.05) is 0 Å². The molecule has 0 atom stereocenters. The lowest BCUT2D eigenvalue weighted by Crippen LogP contribution is -1.90. The first-order chi connectivity index (χ1) is 6.86. The predicted octanol–water partition coefficient (Wildman–Crippen LogP) is 4.10. The molecule has 0 aromatic rings. The Kier molecular flexibility index (Phi) is 2.83. The van der Waals surface area contributed by atoms with Crippen LogP contribution in [0.25, 0.3) is 0 Å². The Morgan fingerprint density at radius 3 is 2.71 bits per heavy atom. The molecule has 0 unspecified atom stereocenters. The van der Waals surface area contributed by atoms with Gasteiger partial charge in [0.25, 0.3) is 0 Å². The molecular weight excluding hydrogens is 168 g/mol. The van der Waals surface area contributed by atoms with Gasteiger partial charge in [0.2, 0.25) is 0 Å². The van der Waals surface area contributed by atoms with Crippen LogP contribution in [0.5, 0.6) is 0 Å². The summed E-state index contributed by atoms with van der Waals surface area (Å²) >= 11 is 0. The van der Waals surface area contributed by atoms with Crippen LogP contribution in [0.15, 0.2) is 59.3 Å². The quantitative estimate of drug-likeness (QED) is 0.575. The van der Waals surface area contributed by atoms with Gasteiger partial charge in [-0.25, -0.2) is 0 Å². The normalized spacial score (nSPS) is 21.1. The Morgan fingerprint density at radius 1 is 1.07 bits per heavy atom. The highest BCUT2D eigenvalue weighted by molar-refractivity contribution is 5.47. The first-order valence-corrected chi connectivity index (χ1v) is 5.26. The van der Waals surface area contributed by atoms with Crippen LogP contribution in [0.2, 0.25) is 0 Å². The zero-order chi connectivity index (χ0) is 9.80. The molecule has 0 aromatic carbocycles. The van der Waals surface area contributed by atoms with E-state index in [9.17, 15) is 0 Å². The van der Waals surface area contributed by atoms with E-state index >= 15 is 0 Å². The van der Waals surface area contributed by atoms with Gasteiger partial charge in [-0.2, -0.15) is 0 Å². The summed E-state index contributed by atoms with van der Waals surface area (Å²) < 4.78 is 0. The number of allylic oxidation sites excluding steroid dienone is 10. The molecule has 0 radical (unpaired) electrons. The van der Waals surface area contributed by atoms with Crippen molar-refractivity contribution in [1.29, 1.82) is 0 Å². The van der Waals surface area contributed by atoms with E-state index in [1.165, 1.54) is 29.6 Å². The zero-order valence-corrected chi connectivity index (χ0v) is 8.66. The molecule has 0 nitrogen and oxygen atoms in total. The van der Waals surface area contributed by atoms with E-state index < -0.39 is 0 Å². The molecule has 0 saturated carbocycles. The highest BCUT2D eigenvalue weighted by atomic mass is 14.1. The van der Waals surface area contributed by atoms with Gasteiger partial charge in [0.15, 0.2) is 0 Å². The molecule has 0 saturated heterocycles. The monoisotopic (exact) mass is 184 g/mol. The van der Waals surface area contributed by atoms with E-state index in [0.717, 1.165) is 6.42 Å². The summed E-state index contributed by atoms with van der Waals surface area (Å²) in [5.41, 5.74) is 4.31. The van der Waals surface area contributed by atoms with Crippen LogP contribution in [0.1, 0.15) is 26.2 Å². The second-order valence-corrected chi connectivity index (χ2v) is 3.90. The maximum absolute atomic E-state index is 2.31. The van der Waals surface area contributed by atoms with Crippen molar-refractivity contribution in [2.24, 2.45) is 0 Å². The Hall–Kier alpha value is -1.30. The molecule has 2 aliphatic rings. The Morgan fingerprint density at radius 2 is 1.93 bits per heavy atom. The standard InChI is InChI=1S/C14H16/c1-12-7-5-6-10-14(11-12)13-8-3-2-4-9-13/h2-3,5-6,8,10-11H,4,7,9H2,1H3. The van der Waals surface area contributed by atoms with Crippen LogP contribution in [-0.2, 0) is 0 Å². The smallest absolute Gasteiger partial charge is 0.0135 e. The summed E-state index contributed by atoms with van der Waals surface area (Å²) in [5.74, 6) is 0. The maximum Gasteiger partial charge on any atom is -0.0135 e. The van der Waals surface area contributed by atoms with E-state index in [-0.39, 0.29) is 0 Å². The van der Waals surface area contributed by atoms with Gasteiger partial charge < -0.3 is 0 Å². The summed E-state index contributed by atoms with van der Waals surface area (Å²) in [4.78, 5) is 0. The molecule has 14 heavy (non-hydrogen) atoms. The van der Waals surface area contributed by atoms with Gasteiger partial charge in [-0.05, 0) is 37.3 Å². The highest BCUT2D eigenvalue weighted by Crippen LogP contribution is 2.24. The third-order valence-electron chi connectivity index (χ3n) is 2.64. The minimum atomic E-state index is 1.09. The molecule has 0 heterocycles. The van der Waals surface area contributed by atoms with Crippen LogP contribution in [0.4, 0.5) is 0 Å². The molecule has 2 aliphatic carbocycles. The zero-order valence-electron chi connectivity index (χ0n) is 8.66. The van der Waals surface area contributed by atoms with Crippen LogP contribution < -0.4 is 0 Å². The summed E-state index contributed by atoms with van der Waals surface area (Å²) in [6, 6.07) is 0. The summed E-state index contributed by atoms with van der Waals surface area (Å²) in [6.07, 6.45) is 19.0. The van der Waals surface area contributed by atoms with Crippen molar-refractivity contribution in [2.75, 3.05) is 0 Å². The maximum atomic E-state index is 2.31. The van der Waals surface area contributed by atoms with Crippen molar-refractivity contribution in [2.45, 2.75) is 26.2 Å². The van der Waals surface area contributed by atoms with E-state index in [1.807, 2.05) is 0 Å². The topological polar surface area (TPSA) is 0 Å². The number of hydrogen-bond acceptors (Lipinski definition) is 0. The largest absolute Gasteiger partial charge is 0.0842 e. The lowest BCUT2D eigenvalue weighted by atomic mass is 9.96. The van der Waals surface area contributed by atoms with Gasteiger partial charge >= 0.3 is 0 Å². The molecule has 0 bridgehead atoms. The fourth-order valence-electron chi connectivity index (χ4n) is 1.84. The summed E-state index contributed by atoms with van der Waals surface area (Å²) in [6.45, 7) is 2.20. The molecule has 0 spiro atoms. The second kappa shape index (κ2) is 4.28. The average molecular weight is 184 g/mol. The molecule has 0 N–H and O–H groups in total. The molecule has 0 heteroatoms. The minimum Gasteiger partial charge on any atom is -0.0842 e. The Bertz CT molecular complexity index is 359.